The molecule has 2 aromatic rings. The Morgan fingerprint density at radius 1 is 1.19 bits per heavy atom. The summed E-state index contributed by atoms with van der Waals surface area (Å²) in [6.07, 6.45) is 2.20. The summed E-state index contributed by atoms with van der Waals surface area (Å²) in [5, 5.41) is 3.18. The number of rotatable bonds is 6. The van der Waals surface area contributed by atoms with Crippen LogP contribution in [0.4, 0.5) is 4.39 Å². The zero-order valence-corrected chi connectivity index (χ0v) is 12.3. The number of halogens is 1. The highest BCUT2D eigenvalue weighted by Crippen LogP contribution is 2.25. The van der Waals surface area contributed by atoms with Crippen molar-refractivity contribution in [3.05, 3.63) is 47.5 Å². The number of nitrogens with one attached hydrogen (secondary N) is 1. The van der Waals surface area contributed by atoms with Gasteiger partial charge in [-0.2, -0.15) is 4.98 Å². The van der Waals surface area contributed by atoms with Crippen molar-refractivity contribution in [2.75, 3.05) is 21.3 Å². The molecule has 1 unspecified atom stereocenters. The number of methoxy groups -OCH3 is 2. The summed E-state index contributed by atoms with van der Waals surface area (Å²) in [5.74, 6) is 0.560. The van der Waals surface area contributed by atoms with Crippen molar-refractivity contribution < 1.29 is 13.9 Å². The van der Waals surface area contributed by atoms with Gasteiger partial charge >= 0.3 is 0 Å². The number of aromatic nitrogens is 2. The SMILES string of the molecule is CNC(Cc1ccc(F)cc1)c1ncc(OC)nc1OC. The Bertz CT molecular complexity index is 590. The zero-order chi connectivity index (χ0) is 15.2. The van der Waals surface area contributed by atoms with E-state index in [9.17, 15) is 4.39 Å². The third-order valence-corrected chi connectivity index (χ3v) is 3.18. The van der Waals surface area contributed by atoms with Crippen LogP contribution < -0.4 is 14.8 Å². The van der Waals surface area contributed by atoms with Gasteiger partial charge in [0.15, 0.2) is 0 Å². The van der Waals surface area contributed by atoms with Crippen molar-refractivity contribution in [1.29, 1.82) is 0 Å². The second-order valence-electron chi connectivity index (χ2n) is 4.48. The lowest BCUT2D eigenvalue weighted by molar-refractivity contribution is 0.350. The van der Waals surface area contributed by atoms with E-state index < -0.39 is 0 Å². The van der Waals surface area contributed by atoms with Crippen molar-refractivity contribution in [3.8, 4) is 11.8 Å². The van der Waals surface area contributed by atoms with Gasteiger partial charge in [-0.3, -0.25) is 0 Å². The average molecular weight is 291 g/mol. The molecule has 0 aliphatic rings. The number of hydrogen-bond acceptors (Lipinski definition) is 5. The van der Waals surface area contributed by atoms with Crippen LogP contribution in [-0.4, -0.2) is 31.2 Å². The van der Waals surface area contributed by atoms with E-state index in [4.69, 9.17) is 9.47 Å². The lowest BCUT2D eigenvalue weighted by Crippen LogP contribution is -2.21. The largest absolute Gasteiger partial charge is 0.480 e. The van der Waals surface area contributed by atoms with Crippen molar-refractivity contribution in [2.24, 2.45) is 0 Å². The van der Waals surface area contributed by atoms with E-state index >= 15 is 0 Å². The summed E-state index contributed by atoms with van der Waals surface area (Å²) in [4.78, 5) is 8.58. The molecule has 2 rings (SSSR count). The minimum absolute atomic E-state index is 0.0937. The van der Waals surface area contributed by atoms with Gasteiger partial charge in [-0.1, -0.05) is 12.1 Å². The zero-order valence-electron chi connectivity index (χ0n) is 12.3. The predicted octanol–water partition coefficient (Wildman–Crippen LogP) is 2.14. The van der Waals surface area contributed by atoms with Crippen LogP contribution in [0.25, 0.3) is 0 Å². The summed E-state index contributed by atoms with van der Waals surface area (Å²) in [6, 6.07) is 6.30. The van der Waals surface area contributed by atoms with Gasteiger partial charge in [0.1, 0.15) is 11.5 Å². The molecule has 1 heterocycles. The molecule has 0 radical (unpaired) electrons. The molecule has 112 valence electrons. The molecule has 0 spiro atoms. The van der Waals surface area contributed by atoms with Gasteiger partial charge < -0.3 is 14.8 Å². The van der Waals surface area contributed by atoms with Crippen LogP contribution in [0.5, 0.6) is 11.8 Å². The van der Waals surface area contributed by atoms with Gasteiger partial charge in [0.2, 0.25) is 11.8 Å². The molecule has 21 heavy (non-hydrogen) atoms. The molecule has 0 aliphatic carbocycles. The lowest BCUT2D eigenvalue weighted by Gasteiger charge is -2.18. The Kier molecular flexibility index (Phi) is 5.05. The maximum atomic E-state index is 13.0. The van der Waals surface area contributed by atoms with Crippen LogP contribution in [-0.2, 0) is 6.42 Å². The monoisotopic (exact) mass is 291 g/mol. The van der Waals surface area contributed by atoms with Crippen LogP contribution in [0, 0.1) is 5.82 Å². The van der Waals surface area contributed by atoms with Gasteiger partial charge in [-0.15, -0.1) is 0 Å². The highest BCUT2D eigenvalue weighted by Gasteiger charge is 2.19. The number of likely N-dealkylation sites (N-methyl/N-ethyl adjacent to an activating group) is 1. The minimum Gasteiger partial charge on any atom is -0.480 e. The molecule has 1 aromatic carbocycles. The standard InChI is InChI=1S/C15H18FN3O2/c1-17-12(8-10-4-6-11(16)7-5-10)14-15(21-3)19-13(20-2)9-18-14/h4-7,9,12,17H,8H2,1-3H3. The summed E-state index contributed by atoms with van der Waals surface area (Å²) in [6.45, 7) is 0. The first-order valence-electron chi connectivity index (χ1n) is 6.54. The topological polar surface area (TPSA) is 56.3 Å². The molecule has 0 saturated carbocycles. The molecule has 0 aliphatic heterocycles. The third kappa shape index (κ3) is 3.66. The van der Waals surface area contributed by atoms with E-state index in [2.05, 4.69) is 15.3 Å². The first-order chi connectivity index (χ1) is 10.2. The number of nitrogens with zero attached hydrogens (tertiary/aromatic N) is 2. The third-order valence-electron chi connectivity index (χ3n) is 3.18. The van der Waals surface area contributed by atoms with E-state index in [0.717, 1.165) is 5.56 Å². The molecule has 1 N–H and O–H groups in total. The fourth-order valence-corrected chi connectivity index (χ4v) is 2.05. The Hall–Kier alpha value is -2.21. The number of hydrogen-bond donors (Lipinski definition) is 1. The fourth-order valence-electron chi connectivity index (χ4n) is 2.05. The van der Waals surface area contributed by atoms with Crippen molar-refractivity contribution in [1.82, 2.24) is 15.3 Å². The van der Waals surface area contributed by atoms with E-state index in [1.54, 1.807) is 18.3 Å². The van der Waals surface area contributed by atoms with Gasteiger partial charge in [-0.05, 0) is 31.2 Å². The predicted molar refractivity (Wildman–Crippen MR) is 77.0 cm³/mol. The number of ether oxygens (including phenoxy) is 2. The molecule has 5 nitrogen and oxygen atoms in total. The van der Waals surface area contributed by atoms with Crippen LogP contribution in [0.2, 0.25) is 0 Å². The van der Waals surface area contributed by atoms with Crippen LogP contribution >= 0.6 is 0 Å². The quantitative estimate of drug-likeness (QED) is 0.883. The highest BCUT2D eigenvalue weighted by molar-refractivity contribution is 5.28. The van der Waals surface area contributed by atoms with Crippen molar-refractivity contribution in [3.63, 3.8) is 0 Å². The first kappa shape index (κ1) is 15.2. The maximum Gasteiger partial charge on any atom is 0.240 e. The van der Waals surface area contributed by atoms with Crippen LogP contribution in [0.3, 0.4) is 0 Å². The van der Waals surface area contributed by atoms with Crippen LogP contribution in [0.1, 0.15) is 17.3 Å². The van der Waals surface area contributed by atoms with Gasteiger partial charge in [0.05, 0.1) is 26.5 Å². The van der Waals surface area contributed by atoms with E-state index in [0.29, 0.717) is 23.9 Å². The first-order valence-corrected chi connectivity index (χ1v) is 6.54. The molecule has 0 fully saturated rings. The second kappa shape index (κ2) is 6.99. The van der Waals surface area contributed by atoms with Crippen molar-refractivity contribution >= 4 is 0 Å². The van der Waals surface area contributed by atoms with Crippen molar-refractivity contribution in [2.45, 2.75) is 12.5 Å². The Balaban J connectivity index is 2.26. The average Bonchev–Trinajstić information content (AvgIpc) is 2.53. The molecular formula is C15H18FN3O2. The van der Waals surface area contributed by atoms with E-state index in [1.165, 1.54) is 26.4 Å². The molecule has 0 bridgehead atoms. The maximum absolute atomic E-state index is 13.0. The molecule has 1 atom stereocenters. The normalized spacial score (nSPS) is 12.0. The molecule has 6 heteroatoms. The smallest absolute Gasteiger partial charge is 0.240 e. The number of benzene rings is 1. The van der Waals surface area contributed by atoms with Gasteiger partial charge in [0, 0.05) is 0 Å². The molecule has 0 saturated heterocycles. The lowest BCUT2D eigenvalue weighted by atomic mass is 10.0. The fraction of sp³-hybridized carbons (Fsp3) is 0.333. The van der Waals surface area contributed by atoms with Crippen LogP contribution in [0.15, 0.2) is 30.5 Å². The summed E-state index contributed by atoms with van der Waals surface area (Å²) < 4.78 is 23.3. The molecule has 1 aromatic heterocycles. The molecule has 0 amide bonds. The summed E-state index contributed by atoms with van der Waals surface area (Å²) >= 11 is 0. The minimum atomic E-state index is -0.249. The van der Waals surface area contributed by atoms with E-state index in [1.807, 2.05) is 7.05 Å². The Morgan fingerprint density at radius 2 is 1.90 bits per heavy atom. The molecular weight excluding hydrogens is 273 g/mol. The van der Waals surface area contributed by atoms with Gasteiger partial charge in [0.25, 0.3) is 0 Å². The Morgan fingerprint density at radius 3 is 2.48 bits per heavy atom. The highest BCUT2D eigenvalue weighted by atomic mass is 19.1. The Labute approximate surface area is 123 Å². The summed E-state index contributed by atoms with van der Waals surface area (Å²) in [5.41, 5.74) is 1.68. The van der Waals surface area contributed by atoms with Gasteiger partial charge in [-0.25, -0.2) is 9.37 Å². The second-order valence-corrected chi connectivity index (χ2v) is 4.48. The van der Waals surface area contributed by atoms with E-state index in [-0.39, 0.29) is 11.9 Å². The summed E-state index contributed by atoms with van der Waals surface area (Å²) in [7, 11) is 4.90.